The maximum Gasteiger partial charge on any atom is 0.451 e. The zero-order chi connectivity index (χ0) is 20.3. The van der Waals surface area contributed by atoms with E-state index >= 15 is 0 Å². The molecule has 1 amide bonds. The predicted molar refractivity (Wildman–Crippen MR) is 101 cm³/mol. The van der Waals surface area contributed by atoms with Crippen LogP contribution in [-0.4, -0.2) is 28.2 Å². The normalized spacial score (nSPS) is 12.6. The number of hydrogen-bond acceptors (Lipinski definition) is 5. The minimum atomic E-state index is -4.68. The van der Waals surface area contributed by atoms with Crippen LogP contribution in [0.25, 0.3) is 10.9 Å². The lowest BCUT2D eigenvalue weighted by Gasteiger charge is -2.14. The van der Waals surface area contributed by atoms with Crippen LogP contribution in [0, 0.1) is 0 Å². The predicted octanol–water partition coefficient (Wildman–Crippen LogP) is 4.78. The molecule has 0 bridgehead atoms. The van der Waals surface area contributed by atoms with Gasteiger partial charge in [0.2, 0.25) is 11.7 Å². The SMILES string of the molecule is COc1cccc(NC(=O)[C@H](C)Sc2nc(C(F)(F)F)nc3ccccc23)c1. The molecule has 0 spiro atoms. The van der Waals surface area contributed by atoms with Crippen LogP contribution in [-0.2, 0) is 11.0 Å². The molecule has 9 heteroatoms. The van der Waals surface area contributed by atoms with Gasteiger partial charge in [0.15, 0.2) is 0 Å². The van der Waals surface area contributed by atoms with Crippen molar-refractivity contribution in [2.45, 2.75) is 23.4 Å². The number of alkyl halides is 3. The van der Waals surface area contributed by atoms with Crippen molar-refractivity contribution in [2.24, 2.45) is 0 Å². The quantitative estimate of drug-likeness (QED) is 0.487. The van der Waals surface area contributed by atoms with E-state index in [0.29, 0.717) is 16.8 Å². The number of nitrogens with one attached hydrogen (secondary N) is 1. The fourth-order valence-corrected chi connectivity index (χ4v) is 3.37. The highest BCUT2D eigenvalue weighted by atomic mass is 32.2. The molecule has 3 aromatic rings. The highest BCUT2D eigenvalue weighted by molar-refractivity contribution is 8.00. The topological polar surface area (TPSA) is 64.1 Å². The van der Waals surface area contributed by atoms with E-state index in [4.69, 9.17) is 4.74 Å². The molecule has 0 aliphatic carbocycles. The van der Waals surface area contributed by atoms with Gasteiger partial charge in [-0.05, 0) is 25.1 Å². The fraction of sp³-hybridized carbons (Fsp3) is 0.211. The molecule has 0 aliphatic heterocycles. The second-order valence-electron chi connectivity index (χ2n) is 5.85. The summed E-state index contributed by atoms with van der Waals surface area (Å²) in [6, 6.07) is 13.2. The lowest BCUT2D eigenvalue weighted by molar-refractivity contribution is -0.145. The van der Waals surface area contributed by atoms with Crippen molar-refractivity contribution in [3.05, 3.63) is 54.4 Å². The first-order valence-corrected chi connectivity index (χ1v) is 9.11. The Morgan fingerprint density at radius 3 is 2.61 bits per heavy atom. The Bertz CT molecular complexity index is 1010. The molecule has 3 rings (SSSR count). The summed E-state index contributed by atoms with van der Waals surface area (Å²) < 4.78 is 44.5. The van der Waals surface area contributed by atoms with Crippen molar-refractivity contribution >= 4 is 34.3 Å². The molecule has 146 valence electrons. The largest absolute Gasteiger partial charge is 0.497 e. The molecular weight excluding hydrogens is 391 g/mol. The standard InChI is InChI=1S/C19H16F3N3O2S/c1-11(16(26)23-12-6-5-7-13(10-12)27-2)28-17-14-8-3-4-9-15(14)24-18(25-17)19(20,21)22/h3-11H,1-2H3,(H,23,26)/t11-/m0/s1. The number of nitrogens with zero attached hydrogens (tertiary/aromatic N) is 2. The van der Waals surface area contributed by atoms with E-state index in [9.17, 15) is 18.0 Å². The minimum Gasteiger partial charge on any atom is -0.497 e. The molecule has 1 aromatic heterocycles. The first-order chi connectivity index (χ1) is 13.3. The highest BCUT2D eigenvalue weighted by Crippen LogP contribution is 2.33. The van der Waals surface area contributed by atoms with Gasteiger partial charge in [0.1, 0.15) is 10.8 Å². The van der Waals surface area contributed by atoms with E-state index < -0.39 is 17.3 Å². The third-order valence-electron chi connectivity index (χ3n) is 3.82. The Labute approximate surface area is 163 Å². The van der Waals surface area contributed by atoms with Crippen molar-refractivity contribution < 1.29 is 22.7 Å². The van der Waals surface area contributed by atoms with Crippen LogP contribution in [0.15, 0.2) is 53.6 Å². The number of methoxy groups -OCH3 is 1. The van der Waals surface area contributed by atoms with Gasteiger partial charge in [-0.3, -0.25) is 4.79 Å². The molecular formula is C19H16F3N3O2S. The number of para-hydroxylation sites is 1. The molecule has 0 saturated carbocycles. The molecule has 5 nitrogen and oxygen atoms in total. The molecule has 0 radical (unpaired) electrons. The molecule has 0 unspecified atom stereocenters. The third-order valence-corrected chi connectivity index (χ3v) is 4.92. The van der Waals surface area contributed by atoms with Crippen molar-refractivity contribution in [3.8, 4) is 5.75 Å². The second-order valence-corrected chi connectivity index (χ2v) is 7.18. The van der Waals surface area contributed by atoms with Gasteiger partial charge in [0.25, 0.3) is 0 Å². The van der Waals surface area contributed by atoms with Gasteiger partial charge in [-0.15, -0.1) is 0 Å². The average molecular weight is 407 g/mol. The Hall–Kier alpha value is -2.81. The van der Waals surface area contributed by atoms with Crippen LogP contribution < -0.4 is 10.1 Å². The number of anilines is 1. The number of thioether (sulfide) groups is 1. The summed E-state index contributed by atoms with van der Waals surface area (Å²) in [4.78, 5) is 19.7. The van der Waals surface area contributed by atoms with Crippen LogP contribution >= 0.6 is 11.8 Å². The molecule has 0 fully saturated rings. The minimum absolute atomic E-state index is 0.103. The summed E-state index contributed by atoms with van der Waals surface area (Å²) in [5.41, 5.74) is 0.702. The lowest BCUT2D eigenvalue weighted by atomic mass is 10.2. The smallest absolute Gasteiger partial charge is 0.451 e. The average Bonchev–Trinajstić information content (AvgIpc) is 2.67. The molecule has 0 aliphatic rings. The number of hydrogen-bond donors (Lipinski definition) is 1. The number of ether oxygens (including phenoxy) is 1. The fourth-order valence-electron chi connectivity index (χ4n) is 2.43. The van der Waals surface area contributed by atoms with Crippen LogP contribution in [0.1, 0.15) is 12.7 Å². The van der Waals surface area contributed by atoms with Crippen molar-refractivity contribution in [2.75, 3.05) is 12.4 Å². The Morgan fingerprint density at radius 1 is 1.14 bits per heavy atom. The monoisotopic (exact) mass is 407 g/mol. The number of carbonyl (C=O) groups excluding carboxylic acids is 1. The molecule has 1 heterocycles. The Kier molecular flexibility index (Phi) is 5.73. The number of fused-ring (bicyclic) bond motifs is 1. The van der Waals surface area contributed by atoms with Gasteiger partial charge in [0.05, 0.1) is 17.9 Å². The van der Waals surface area contributed by atoms with Gasteiger partial charge in [-0.2, -0.15) is 13.2 Å². The summed E-state index contributed by atoms with van der Waals surface area (Å²) in [5, 5.41) is 2.60. The summed E-state index contributed by atoms with van der Waals surface area (Å²) in [5.74, 6) is -1.02. The van der Waals surface area contributed by atoms with Gasteiger partial charge >= 0.3 is 6.18 Å². The summed E-state index contributed by atoms with van der Waals surface area (Å²) in [6.45, 7) is 1.60. The van der Waals surface area contributed by atoms with E-state index in [2.05, 4.69) is 15.3 Å². The van der Waals surface area contributed by atoms with Crippen molar-refractivity contribution in [3.63, 3.8) is 0 Å². The molecule has 28 heavy (non-hydrogen) atoms. The summed E-state index contributed by atoms with van der Waals surface area (Å²) >= 11 is 0.946. The van der Waals surface area contributed by atoms with E-state index in [0.717, 1.165) is 11.8 Å². The van der Waals surface area contributed by atoms with E-state index in [-0.39, 0.29) is 16.4 Å². The second kappa shape index (κ2) is 8.05. The molecule has 0 saturated heterocycles. The number of rotatable bonds is 5. The number of benzene rings is 2. The van der Waals surface area contributed by atoms with Gasteiger partial charge in [-0.1, -0.05) is 36.0 Å². The number of aromatic nitrogens is 2. The number of carbonyl (C=O) groups is 1. The zero-order valence-electron chi connectivity index (χ0n) is 14.9. The van der Waals surface area contributed by atoms with Crippen LogP contribution in [0.3, 0.4) is 0 Å². The number of halogens is 3. The van der Waals surface area contributed by atoms with Crippen molar-refractivity contribution in [1.82, 2.24) is 9.97 Å². The van der Waals surface area contributed by atoms with Gasteiger partial charge < -0.3 is 10.1 Å². The van der Waals surface area contributed by atoms with Crippen molar-refractivity contribution in [1.29, 1.82) is 0 Å². The van der Waals surface area contributed by atoms with Crippen LogP contribution in [0.2, 0.25) is 0 Å². The van der Waals surface area contributed by atoms with Crippen LogP contribution in [0.5, 0.6) is 5.75 Å². The number of amides is 1. The first kappa shape index (κ1) is 19.9. The van der Waals surface area contributed by atoms with E-state index in [1.165, 1.54) is 13.2 Å². The summed E-state index contributed by atoms with van der Waals surface area (Å²) in [6.07, 6.45) is -4.68. The zero-order valence-corrected chi connectivity index (χ0v) is 15.8. The highest BCUT2D eigenvalue weighted by Gasteiger charge is 2.35. The molecule has 2 aromatic carbocycles. The third kappa shape index (κ3) is 4.53. The van der Waals surface area contributed by atoms with E-state index in [1.54, 1.807) is 49.4 Å². The maximum atomic E-state index is 13.1. The maximum absolute atomic E-state index is 13.1. The van der Waals surface area contributed by atoms with Crippen LogP contribution in [0.4, 0.5) is 18.9 Å². The molecule has 1 atom stereocenters. The van der Waals surface area contributed by atoms with Gasteiger partial charge in [0, 0.05) is 17.1 Å². The lowest BCUT2D eigenvalue weighted by Crippen LogP contribution is -2.23. The first-order valence-electron chi connectivity index (χ1n) is 8.23. The van der Waals surface area contributed by atoms with E-state index in [1.807, 2.05) is 0 Å². The van der Waals surface area contributed by atoms with Gasteiger partial charge in [-0.25, -0.2) is 9.97 Å². The summed E-state index contributed by atoms with van der Waals surface area (Å²) in [7, 11) is 1.51. The molecule has 1 N–H and O–H groups in total. The Morgan fingerprint density at radius 2 is 1.89 bits per heavy atom. The Balaban J connectivity index is 1.85.